The second kappa shape index (κ2) is 7.43. The van der Waals surface area contributed by atoms with Gasteiger partial charge in [0.1, 0.15) is 0 Å². The zero-order chi connectivity index (χ0) is 15.2. The number of rotatable bonds is 4. The zero-order valence-electron chi connectivity index (χ0n) is 12.0. The molecule has 2 rings (SSSR count). The number of hydrogen-bond donors (Lipinski definition) is 0. The van der Waals surface area contributed by atoms with Crippen molar-refractivity contribution in [2.45, 2.75) is 6.42 Å². The molecule has 1 aromatic carbocycles. The van der Waals surface area contributed by atoms with Crippen molar-refractivity contribution in [2.24, 2.45) is 0 Å². The van der Waals surface area contributed by atoms with Crippen LogP contribution in [0.1, 0.15) is 16.8 Å². The van der Waals surface area contributed by atoms with Gasteiger partial charge in [0.15, 0.2) is 0 Å². The Morgan fingerprint density at radius 2 is 1.86 bits per heavy atom. The van der Waals surface area contributed by atoms with Crippen molar-refractivity contribution in [3.8, 4) is 0 Å². The number of amides is 2. The maximum absolute atomic E-state index is 12.3. The molecular formula is C15H19ClN2O3. The van der Waals surface area contributed by atoms with Crippen molar-refractivity contribution in [1.29, 1.82) is 0 Å². The summed E-state index contributed by atoms with van der Waals surface area (Å²) >= 11 is 5.91. The number of methoxy groups -OCH3 is 1. The van der Waals surface area contributed by atoms with Crippen LogP contribution in [0.15, 0.2) is 24.3 Å². The highest BCUT2D eigenvalue weighted by Crippen LogP contribution is 2.14. The second-order valence-corrected chi connectivity index (χ2v) is 5.36. The average molecular weight is 311 g/mol. The first-order valence-electron chi connectivity index (χ1n) is 6.93. The van der Waals surface area contributed by atoms with E-state index in [0.29, 0.717) is 49.8 Å². The number of halogens is 1. The SMILES string of the molecule is COCCC(=O)N1CCN(C(=O)c2cccc(Cl)c2)CC1. The van der Waals surface area contributed by atoms with E-state index in [-0.39, 0.29) is 11.8 Å². The quantitative estimate of drug-likeness (QED) is 0.850. The molecule has 2 amide bonds. The minimum atomic E-state index is -0.0403. The van der Waals surface area contributed by atoms with E-state index < -0.39 is 0 Å². The van der Waals surface area contributed by atoms with Gasteiger partial charge in [-0.3, -0.25) is 9.59 Å². The Bertz CT molecular complexity index is 513. The number of carbonyl (C=O) groups is 2. The van der Waals surface area contributed by atoms with Crippen LogP contribution in [0.2, 0.25) is 5.02 Å². The molecule has 0 N–H and O–H groups in total. The van der Waals surface area contributed by atoms with Gasteiger partial charge in [0.05, 0.1) is 13.0 Å². The molecule has 21 heavy (non-hydrogen) atoms. The topological polar surface area (TPSA) is 49.9 Å². The van der Waals surface area contributed by atoms with Crippen molar-refractivity contribution in [3.05, 3.63) is 34.9 Å². The number of hydrogen-bond acceptors (Lipinski definition) is 3. The summed E-state index contributed by atoms with van der Waals surface area (Å²) in [7, 11) is 1.58. The monoisotopic (exact) mass is 310 g/mol. The molecular weight excluding hydrogens is 292 g/mol. The van der Waals surface area contributed by atoms with Gasteiger partial charge in [0, 0.05) is 43.9 Å². The van der Waals surface area contributed by atoms with E-state index in [2.05, 4.69) is 0 Å². The molecule has 1 aliphatic heterocycles. The van der Waals surface area contributed by atoms with Crippen LogP contribution < -0.4 is 0 Å². The summed E-state index contributed by atoms with van der Waals surface area (Å²) in [6, 6.07) is 6.93. The van der Waals surface area contributed by atoms with Crippen molar-refractivity contribution in [1.82, 2.24) is 9.80 Å². The zero-order valence-corrected chi connectivity index (χ0v) is 12.8. The Kier molecular flexibility index (Phi) is 5.59. The van der Waals surface area contributed by atoms with E-state index in [0.717, 1.165) is 0 Å². The summed E-state index contributed by atoms with van der Waals surface area (Å²) in [5.41, 5.74) is 0.585. The van der Waals surface area contributed by atoms with E-state index in [4.69, 9.17) is 16.3 Å². The molecule has 0 bridgehead atoms. The summed E-state index contributed by atoms with van der Waals surface area (Å²) in [4.78, 5) is 27.8. The predicted octanol–water partition coefficient (Wildman–Crippen LogP) is 1.66. The molecule has 1 heterocycles. The molecule has 0 unspecified atom stereocenters. The Morgan fingerprint density at radius 3 is 2.48 bits per heavy atom. The van der Waals surface area contributed by atoms with E-state index in [1.54, 1.807) is 41.2 Å². The van der Waals surface area contributed by atoms with Gasteiger partial charge in [-0.1, -0.05) is 17.7 Å². The first-order chi connectivity index (χ1) is 10.1. The lowest BCUT2D eigenvalue weighted by Crippen LogP contribution is -2.50. The molecule has 0 saturated carbocycles. The van der Waals surface area contributed by atoms with Gasteiger partial charge in [-0.15, -0.1) is 0 Å². The molecule has 0 aliphatic carbocycles. The van der Waals surface area contributed by atoms with E-state index in [1.165, 1.54) is 0 Å². The molecule has 1 saturated heterocycles. The molecule has 0 atom stereocenters. The van der Waals surface area contributed by atoms with Crippen LogP contribution in [0.4, 0.5) is 0 Å². The van der Waals surface area contributed by atoms with Gasteiger partial charge in [0.25, 0.3) is 5.91 Å². The second-order valence-electron chi connectivity index (χ2n) is 4.93. The third-order valence-corrected chi connectivity index (χ3v) is 3.75. The van der Waals surface area contributed by atoms with Gasteiger partial charge >= 0.3 is 0 Å². The minimum absolute atomic E-state index is 0.0403. The maximum atomic E-state index is 12.3. The van der Waals surface area contributed by atoms with E-state index in [1.807, 2.05) is 0 Å². The third-order valence-electron chi connectivity index (χ3n) is 3.51. The molecule has 114 valence electrons. The van der Waals surface area contributed by atoms with Crippen LogP contribution in [-0.2, 0) is 9.53 Å². The van der Waals surface area contributed by atoms with Crippen LogP contribution in [0.3, 0.4) is 0 Å². The highest BCUT2D eigenvalue weighted by Gasteiger charge is 2.24. The number of ether oxygens (including phenoxy) is 1. The summed E-state index contributed by atoms with van der Waals surface area (Å²) in [5.74, 6) is 0.0354. The van der Waals surface area contributed by atoms with Gasteiger partial charge in [0.2, 0.25) is 5.91 Å². The largest absolute Gasteiger partial charge is 0.384 e. The number of piperazine rings is 1. The van der Waals surface area contributed by atoms with Crippen LogP contribution in [0, 0.1) is 0 Å². The minimum Gasteiger partial charge on any atom is -0.384 e. The molecule has 1 aliphatic rings. The normalized spacial score (nSPS) is 15.1. The van der Waals surface area contributed by atoms with Gasteiger partial charge in [-0.05, 0) is 18.2 Å². The molecule has 1 fully saturated rings. The number of carbonyl (C=O) groups excluding carboxylic acids is 2. The Morgan fingerprint density at radius 1 is 1.19 bits per heavy atom. The lowest BCUT2D eigenvalue weighted by atomic mass is 10.2. The molecule has 0 aromatic heterocycles. The average Bonchev–Trinajstić information content (AvgIpc) is 2.52. The Hall–Kier alpha value is -1.59. The van der Waals surface area contributed by atoms with Crippen molar-refractivity contribution < 1.29 is 14.3 Å². The molecule has 5 nitrogen and oxygen atoms in total. The van der Waals surface area contributed by atoms with Crippen LogP contribution in [0.5, 0.6) is 0 Å². The first kappa shape index (κ1) is 15.8. The highest BCUT2D eigenvalue weighted by atomic mass is 35.5. The summed E-state index contributed by atoms with van der Waals surface area (Å²) < 4.78 is 4.91. The highest BCUT2D eigenvalue weighted by molar-refractivity contribution is 6.30. The summed E-state index contributed by atoms with van der Waals surface area (Å²) in [6.07, 6.45) is 0.388. The fourth-order valence-corrected chi connectivity index (χ4v) is 2.50. The molecule has 1 aromatic rings. The predicted molar refractivity (Wildman–Crippen MR) is 80.4 cm³/mol. The smallest absolute Gasteiger partial charge is 0.254 e. The number of nitrogens with zero attached hydrogens (tertiary/aromatic N) is 2. The fraction of sp³-hybridized carbons (Fsp3) is 0.467. The van der Waals surface area contributed by atoms with Crippen LogP contribution >= 0.6 is 11.6 Å². The van der Waals surface area contributed by atoms with Crippen molar-refractivity contribution in [2.75, 3.05) is 39.9 Å². The summed E-state index contributed by atoms with van der Waals surface area (Å²) in [6.45, 7) is 2.65. The fourth-order valence-electron chi connectivity index (χ4n) is 2.31. The van der Waals surface area contributed by atoms with Crippen molar-refractivity contribution >= 4 is 23.4 Å². The molecule has 0 radical (unpaired) electrons. The molecule has 6 heteroatoms. The van der Waals surface area contributed by atoms with Crippen LogP contribution in [-0.4, -0.2) is 61.5 Å². The Labute approximate surface area is 129 Å². The lowest BCUT2D eigenvalue weighted by molar-refractivity contribution is -0.133. The van der Waals surface area contributed by atoms with Gasteiger partial charge in [-0.25, -0.2) is 0 Å². The standard InChI is InChI=1S/C15H19ClN2O3/c1-21-10-5-14(19)17-6-8-18(9-7-17)15(20)12-3-2-4-13(16)11-12/h2-4,11H,5-10H2,1H3. The van der Waals surface area contributed by atoms with E-state index in [9.17, 15) is 9.59 Å². The van der Waals surface area contributed by atoms with Crippen LogP contribution in [0.25, 0.3) is 0 Å². The van der Waals surface area contributed by atoms with Gasteiger partial charge in [-0.2, -0.15) is 0 Å². The molecule has 0 spiro atoms. The maximum Gasteiger partial charge on any atom is 0.254 e. The first-order valence-corrected chi connectivity index (χ1v) is 7.31. The lowest BCUT2D eigenvalue weighted by Gasteiger charge is -2.34. The van der Waals surface area contributed by atoms with Crippen molar-refractivity contribution in [3.63, 3.8) is 0 Å². The van der Waals surface area contributed by atoms with Gasteiger partial charge < -0.3 is 14.5 Å². The third kappa shape index (κ3) is 4.19. The summed E-state index contributed by atoms with van der Waals surface area (Å²) in [5, 5.41) is 0.550. The number of benzene rings is 1. The Balaban J connectivity index is 1.89. The van der Waals surface area contributed by atoms with E-state index >= 15 is 0 Å².